The number of benzene rings is 2. The quantitative estimate of drug-likeness (QED) is 0.837. The summed E-state index contributed by atoms with van der Waals surface area (Å²) >= 11 is 0. The molecule has 4 nitrogen and oxygen atoms in total. The summed E-state index contributed by atoms with van der Waals surface area (Å²) in [5.41, 5.74) is 4.63. The number of hydrogen-bond acceptors (Lipinski definition) is 4. The van der Waals surface area contributed by atoms with Crippen molar-refractivity contribution in [1.29, 1.82) is 0 Å². The van der Waals surface area contributed by atoms with Crippen LogP contribution in [0.5, 0.6) is 17.2 Å². The molecule has 0 N–H and O–H groups in total. The summed E-state index contributed by atoms with van der Waals surface area (Å²) < 4.78 is 17.3. The normalized spacial score (nSPS) is 16.2. The van der Waals surface area contributed by atoms with Crippen LogP contribution in [-0.4, -0.2) is 31.9 Å². The van der Waals surface area contributed by atoms with Gasteiger partial charge in [0.1, 0.15) is 30.6 Å². The average Bonchev–Trinajstić information content (AvgIpc) is 2.68. The van der Waals surface area contributed by atoms with Crippen molar-refractivity contribution in [2.24, 2.45) is 0 Å². The van der Waals surface area contributed by atoms with Gasteiger partial charge >= 0.3 is 0 Å². The van der Waals surface area contributed by atoms with Gasteiger partial charge in [-0.05, 0) is 47.9 Å². The van der Waals surface area contributed by atoms with E-state index in [1.807, 2.05) is 12.1 Å². The molecule has 0 fully saturated rings. The van der Waals surface area contributed by atoms with Gasteiger partial charge in [-0.2, -0.15) is 0 Å². The first-order valence-corrected chi connectivity index (χ1v) is 8.77. The number of rotatable bonds is 4. The summed E-state index contributed by atoms with van der Waals surface area (Å²) in [7, 11) is 1.68. The van der Waals surface area contributed by atoms with E-state index in [1.54, 1.807) is 7.11 Å². The Morgan fingerprint density at radius 1 is 1.08 bits per heavy atom. The maximum atomic E-state index is 6.17. The van der Waals surface area contributed by atoms with Crippen LogP contribution < -0.4 is 14.2 Å². The predicted molar refractivity (Wildman–Crippen MR) is 99.0 cm³/mol. The lowest BCUT2D eigenvalue weighted by Crippen LogP contribution is -2.33. The second kappa shape index (κ2) is 6.81. The van der Waals surface area contributed by atoms with Gasteiger partial charge in [-0.1, -0.05) is 19.1 Å². The molecule has 2 heterocycles. The van der Waals surface area contributed by atoms with Crippen LogP contribution in [0.1, 0.15) is 30.0 Å². The summed E-state index contributed by atoms with van der Waals surface area (Å²) in [6, 6.07) is 12.3. The zero-order valence-corrected chi connectivity index (χ0v) is 14.7. The molecule has 0 amide bonds. The van der Waals surface area contributed by atoms with Gasteiger partial charge < -0.3 is 14.2 Å². The maximum absolute atomic E-state index is 6.17. The zero-order valence-electron chi connectivity index (χ0n) is 14.7. The van der Waals surface area contributed by atoms with Crippen molar-refractivity contribution in [2.75, 3.05) is 27.0 Å². The highest BCUT2D eigenvalue weighted by molar-refractivity contribution is 5.86. The van der Waals surface area contributed by atoms with Crippen LogP contribution >= 0.6 is 0 Å². The first-order valence-electron chi connectivity index (χ1n) is 8.77. The van der Waals surface area contributed by atoms with E-state index in [2.05, 4.69) is 42.2 Å². The van der Waals surface area contributed by atoms with E-state index < -0.39 is 0 Å². The second-order valence-electron chi connectivity index (χ2n) is 6.47. The molecule has 0 aromatic heterocycles. The molecule has 4 rings (SSSR count). The van der Waals surface area contributed by atoms with Gasteiger partial charge in [0.15, 0.2) is 0 Å². The van der Waals surface area contributed by atoms with E-state index in [4.69, 9.17) is 14.2 Å². The van der Waals surface area contributed by atoms with Crippen molar-refractivity contribution < 1.29 is 14.2 Å². The number of nitrogens with zero attached hydrogens (tertiary/aromatic N) is 1. The van der Waals surface area contributed by atoms with E-state index in [1.165, 1.54) is 11.1 Å². The standard InChI is InChI=1S/C21H23NO3/c1-3-10-22-12-19-20(25-14-22)9-6-16-11-17(13-24-21(16)19)15-4-7-18(23-2)8-5-15/h4-9,11H,3,10,12-14H2,1-2H3. The molecule has 2 aliphatic heterocycles. The van der Waals surface area contributed by atoms with Crippen molar-refractivity contribution in [3.63, 3.8) is 0 Å². The highest BCUT2D eigenvalue weighted by Crippen LogP contribution is 2.40. The van der Waals surface area contributed by atoms with Crippen molar-refractivity contribution in [1.82, 2.24) is 4.90 Å². The Hall–Kier alpha value is -2.46. The van der Waals surface area contributed by atoms with Gasteiger partial charge in [0, 0.05) is 18.7 Å². The summed E-state index contributed by atoms with van der Waals surface area (Å²) in [6.45, 7) is 5.35. The van der Waals surface area contributed by atoms with Crippen LogP contribution in [0.15, 0.2) is 36.4 Å². The maximum Gasteiger partial charge on any atom is 0.142 e. The third-order valence-electron chi connectivity index (χ3n) is 4.73. The topological polar surface area (TPSA) is 30.9 Å². The number of methoxy groups -OCH3 is 1. The van der Waals surface area contributed by atoms with Gasteiger partial charge in [0.2, 0.25) is 0 Å². The lowest BCUT2D eigenvalue weighted by atomic mass is 9.98. The van der Waals surface area contributed by atoms with Gasteiger partial charge in [-0.15, -0.1) is 0 Å². The third-order valence-corrected chi connectivity index (χ3v) is 4.73. The Morgan fingerprint density at radius 3 is 2.68 bits per heavy atom. The Kier molecular flexibility index (Phi) is 4.36. The van der Waals surface area contributed by atoms with E-state index in [-0.39, 0.29) is 0 Å². The van der Waals surface area contributed by atoms with E-state index in [0.29, 0.717) is 13.3 Å². The molecule has 130 valence electrons. The minimum atomic E-state index is 0.573. The van der Waals surface area contributed by atoms with Gasteiger partial charge in [-0.25, -0.2) is 0 Å². The minimum absolute atomic E-state index is 0.573. The highest BCUT2D eigenvalue weighted by atomic mass is 16.5. The summed E-state index contributed by atoms with van der Waals surface area (Å²) in [5, 5.41) is 0. The fraction of sp³-hybridized carbons (Fsp3) is 0.333. The molecular weight excluding hydrogens is 314 g/mol. The molecule has 0 unspecified atom stereocenters. The van der Waals surface area contributed by atoms with Gasteiger partial charge in [0.25, 0.3) is 0 Å². The molecule has 0 saturated heterocycles. The largest absolute Gasteiger partial charge is 0.497 e. The minimum Gasteiger partial charge on any atom is -0.497 e. The highest BCUT2D eigenvalue weighted by Gasteiger charge is 2.24. The fourth-order valence-electron chi connectivity index (χ4n) is 3.44. The smallest absolute Gasteiger partial charge is 0.142 e. The molecule has 0 bridgehead atoms. The van der Waals surface area contributed by atoms with Crippen molar-refractivity contribution in [3.05, 3.63) is 53.1 Å². The first-order chi connectivity index (χ1) is 12.3. The van der Waals surface area contributed by atoms with Crippen molar-refractivity contribution in [3.8, 4) is 17.2 Å². The lowest BCUT2D eigenvalue weighted by Gasteiger charge is -2.31. The monoisotopic (exact) mass is 337 g/mol. The summed E-state index contributed by atoms with van der Waals surface area (Å²) in [4.78, 5) is 2.31. The number of hydrogen-bond donors (Lipinski definition) is 0. The molecule has 0 spiro atoms. The molecule has 4 heteroatoms. The second-order valence-corrected chi connectivity index (χ2v) is 6.47. The summed E-state index contributed by atoms with van der Waals surface area (Å²) in [5.74, 6) is 2.78. The Labute approximate surface area is 148 Å². The van der Waals surface area contributed by atoms with Crippen LogP contribution in [0.25, 0.3) is 11.6 Å². The molecule has 2 aromatic carbocycles. The number of fused-ring (bicyclic) bond motifs is 3. The molecule has 0 atom stereocenters. The molecule has 2 aliphatic rings. The van der Waals surface area contributed by atoms with Crippen LogP contribution in [0, 0.1) is 0 Å². The van der Waals surface area contributed by atoms with Crippen LogP contribution in [0.4, 0.5) is 0 Å². The van der Waals surface area contributed by atoms with Gasteiger partial charge in [0.05, 0.1) is 12.7 Å². The average molecular weight is 337 g/mol. The zero-order chi connectivity index (χ0) is 17.2. The Morgan fingerprint density at radius 2 is 1.92 bits per heavy atom. The SMILES string of the molecule is CCCN1COc2ccc3c(c2C1)OCC(c1ccc(OC)cc1)=C3. The summed E-state index contributed by atoms with van der Waals surface area (Å²) in [6.07, 6.45) is 3.34. The number of ether oxygens (including phenoxy) is 3. The van der Waals surface area contributed by atoms with Crippen LogP contribution in [0.3, 0.4) is 0 Å². The first kappa shape index (κ1) is 16.0. The molecule has 0 saturated carbocycles. The third kappa shape index (κ3) is 3.10. The fourth-order valence-corrected chi connectivity index (χ4v) is 3.44. The lowest BCUT2D eigenvalue weighted by molar-refractivity contribution is 0.0933. The van der Waals surface area contributed by atoms with E-state index >= 15 is 0 Å². The van der Waals surface area contributed by atoms with Crippen molar-refractivity contribution >= 4 is 11.6 Å². The Bertz CT molecular complexity index is 796. The molecule has 2 aromatic rings. The predicted octanol–water partition coefficient (Wildman–Crippen LogP) is 4.19. The molecule has 0 aliphatic carbocycles. The van der Waals surface area contributed by atoms with E-state index in [0.717, 1.165) is 47.9 Å². The van der Waals surface area contributed by atoms with E-state index in [9.17, 15) is 0 Å². The molecular formula is C21H23NO3. The molecule has 25 heavy (non-hydrogen) atoms. The van der Waals surface area contributed by atoms with Crippen molar-refractivity contribution in [2.45, 2.75) is 19.9 Å². The molecule has 0 radical (unpaired) electrons. The van der Waals surface area contributed by atoms with Gasteiger partial charge in [-0.3, -0.25) is 4.90 Å². The van der Waals surface area contributed by atoms with Crippen LogP contribution in [-0.2, 0) is 6.54 Å². The van der Waals surface area contributed by atoms with Crippen LogP contribution in [0.2, 0.25) is 0 Å². The Balaban J connectivity index is 1.65.